The molecule has 0 N–H and O–H groups in total. The van der Waals surface area contributed by atoms with Gasteiger partial charge in [-0.05, 0) is 102 Å². The highest BCUT2D eigenvalue weighted by molar-refractivity contribution is 6.15. The Hall–Kier alpha value is -14.5. The van der Waals surface area contributed by atoms with Crippen LogP contribution in [0.4, 0.5) is 0 Å². The lowest BCUT2D eigenvalue weighted by molar-refractivity contribution is 1.07. The number of para-hydroxylation sites is 6. The maximum atomic E-state index is 5.33. The predicted molar refractivity (Wildman–Crippen MR) is 434 cm³/mol. The van der Waals surface area contributed by atoms with Crippen LogP contribution in [0.5, 0.6) is 0 Å². The standard InChI is InChI=1S/C96H60N10/c1-5-26-61(27-6-1)91-97-92(62-28-7-2-8-29-62)100-95(99-91)67-48-52-71(89(57-67)105-85-46-23-17-40-77(85)79-59-69(50-54-87(79)105)103-81-42-19-13-36-73(81)74-37-14-20-43-82(74)103)65-34-25-35-66(56-65)72-53-49-68(96-101-93(63-30-9-3-10-31-63)98-94(102-96)64-32-11-4-12-33-64)58-90(72)106-86-47-24-18-41-78(86)80-60-70(51-55-88(80)106)104-83-44-21-15-38-75(83)76-39-16-22-45-84(76)104/h1-60H. The van der Waals surface area contributed by atoms with Gasteiger partial charge in [-0.2, -0.15) is 0 Å². The molecule has 0 radical (unpaired) electrons. The van der Waals surface area contributed by atoms with E-state index in [1.54, 1.807) is 0 Å². The minimum absolute atomic E-state index is 0.562. The van der Waals surface area contributed by atoms with E-state index in [0.29, 0.717) is 34.9 Å². The predicted octanol–water partition coefficient (Wildman–Crippen LogP) is 23.8. The van der Waals surface area contributed by atoms with Crippen molar-refractivity contribution in [1.82, 2.24) is 48.2 Å². The summed E-state index contributed by atoms with van der Waals surface area (Å²) in [5.74, 6) is 3.49. The van der Waals surface area contributed by atoms with Crippen LogP contribution >= 0.6 is 0 Å². The molecule has 21 aromatic rings. The Balaban J connectivity index is 0.797. The zero-order chi connectivity index (χ0) is 69.8. The van der Waals surface area contributed by atoms with Crippen LogP contribution in [0.1, 0.15) is 0 Å². The van der Waals surface area contributed by atoms with Gasteiger partial charge in [0, 0.05) is 99.0 Å². The van der Waals surface area contributed by atoms with E-state index < -0.39 is 0 Å². The topological polar surface area (TPSA) is 97.1 Å². The first-order chi connectivity index (χ1) is 52.6. The molecule has 10 heteroatoms. The third-order valence-electron chi connectivity index (χ3n) is 20.9. The molecule has 0 saturated carbocycles. The molecule has 6 aromatic heterocycles. The summed E-state index contributed by atoms with van der Waals surface area (Å²) in [6, 6.07) is 130. The second-order valence-corrected chi connectivity index (χ2v) is 27.0. The molecule has 0 fully saturated rings. The number of hydrogen-bond acceptors (Lipinski definition) is 6. The molecule has 6 heterocycles. The normalized spacial score (nSPS) is 11.8. The first-order valence-corrected chi connectivity index (χ1v) is 35.7. The summed E-state index contributed by atoms with van der Waals surface area (Å²) < 4.78 is 9.69. The molecular weight excluding hydrogens is 1290 g/mol. The van der Waals surface area contributed by atoms with Crippen LogP contribution in [0.3, 0.4) is 0 Å². The summed E-state index contributed by atoms with van der Waals surface area (Å²) in [4.78, 5) is 31.6. The monoisotopic (exact) mass is 1350 g/mol. The third-order valence-corrected chi connectivity index (χ3v) is 20.9. The molecule has 0 bridgehead atoms. The van der Waals surface area contributed by atoms with Crippen LogP contribution in [-0.4, -0.2) is 48.2 Å². The zero-order valence-corrected chi connectivity index (χ0v) is 57.1. The minimum atomic E-state index is 0.562. The molecule has 0 unspecified atom stereocenters. The molecule has 0 aliphatic rings. The molecule has 106 heavy (non-hydrogen) atoms. The SMILES string of the molecule is c1ccc(-c2nc(-c3ccccc3)nc(-c3ccc(-c4cccc(-c5ccc(-c6nc(-c7ccccc7)nc(-c7ccccc7)n6)cc5-n5c6ccccc6c6cc(-n7c8ccccc8c8ccccc87)ccc65)c4)c(-n4c5ccccc5c5cc(-n6c7ccccc7c7ccccc76)ccc54)c3)n2)cc1. The Kier molecular flexibility index (Phi) is 14.0. The molecule has 10 nitrogen and oxygen atoms in total. The number of aromatic nitrogens is 10. The van der Waals surface area contributed by atoms with Gasteiger partial charge < -0.3 is 18.3 Å². The summed E-state index contributed by atoms with van der Waals surface area (Å²) in [6.07, 6.45) is 0. The fourth-order valence-corrected chi connectivity index (χ4v) is 16.0. The van der Waals surface area contributed by atoms with E-state index in [9.17, 15) is 0 Å². The first-order valence-electron chi connectivity index (χ1n) is 35.7. The minimum Gasteiger partial charge on any atom is -0.309 e. The lowest BCUT2D eigenvalue weighted by Crippen LogP contribution is -2.03. The quantitative estimate of drug-likeness (QED) is 0.121. The van der Waals surface area contributed by atoms with E-state index in [0.717, 1.165) is 144 Å². The van der Waals surface area contributed by atoms with Crippen LogP contribution in [0.25, 0.3) is 201 Å². The van der Waals surface area contributed by atoms with Gasteiger partial charge in [0.05, 0.1) is 55.5 Å². The number of fused-ring (bicyclic) bond motifs is 12. The Labute approximate surface area is 609 Å². The van der Waals surface area contributed by atoms with Crippen molar-refractivity contribution in [1.29, 1.82) is 0 Å². The van der Waals surface area contributed by atoms with Crippen molar-refractivity contribution in [2.75, 3.05) is 0 Å². The number of nitrogens with zero attached hydrogens (tertiary/aromatic N) is 10. The Morgan fingerprint density at radius 1 is 0.151 bits per heavy atom. The fraction of sp³-hybridized carbons (Fsp3) is 0. The van der Waals surface area contributed by atoms with Gasteiger partial charge in [0.1, 0.15) is 0 Å². The zero-order valence-electron chi connectivity index (χ0n) is 57.1. The maximum absolute atomic E-state index is 5.33. The molecular formula is C96H60N10. The lowest BCUT2D eigenvalue weighted by atomic mass is 9.95. The van der Waals surface area contributed by atoms with Crippen LogP contribution in [0.15, 0.2) is 364 Å². The van der Waals surface area contributed by atoms with Gasteiger partial charge in [-0.1, -0.05) is 273 Å². The lowest BCUT2D eigenvalue weighted by Gasteiger charge is -2.19. The first kappa shape index (κ1) is 60.3. The molecule has 21 rings (SSSR count). The van der Waals surface area contributed by atoms with Crippen LogP contribution in [-0.2, 0) is 0 Å². The highest BCUT2D eigenvalue weighted by atomic mass is 15.1. The van der Waals surface area contributed by atoms with Gasteiger partial charge in [-0.15, -0.1) is 0 Å². The highest BCUT2D eigenvalue weighted by Gasteiger charge is 2.25. The Morgan fingerprint density at radius 3 is 0.708 bits per heavy atom. The van der Waals surface area contributed by atoms with E-state index in [2.05, 4.69) is 309 Å². The molecule has 0 aliphatic carbocycles. The second-order valence-electron chi connectivity index (χ2n) is 27.0. The summed E-state index contributed by atoms with van der Waals surface area (Å²) in [6.45, 7) is 0. The van der Waals surface area contributed by atoms with Crippen molar-refractivity contribution in [3.8, 4) is 113 Å². The van der Waals surface area contributed by atoms with Crippen LogP contribution in [0, 0.1) is 0 Å². The van der Waals surface area contributed by atoms with Crippen LogP contribution in [0.2, 0.25) is 0 Å². The molecule has 15 aromatic carbocycles. The molecule has 0 spiro atoms. The maximum Gasteiger partial charge on any atom is 0.164 e. The van der Waals surface area contributed by atoms with Crippen molar-refractivity contribution >= 4 is 87.2 Å². The number of rotatable bonds is 12. The van der Waals surface area contributed by atoms with Crippen molar-refractivity contribution in [3.05, 3.63) is 364 Å². The average Bonchev–Trinajstić information content (AvgIpc) is 1.56. The summed E-state index contributed by atoms with van der Waals surface area (Å²) in [5, 5.41) is 9.38. The van der Waals surface area contributed by atoms with E-state index in [4.69, 9.17) is 29.9 Å². The van der Waals surface area contributed by atoms with Crippen molar-refractivity contribution < 1.29 is 0 Å². The Bertz CT molecular complexity index is 6430. The molecule has 494 valence electrons. The molecule has 0 saturated heterocycles. The van der Waals surface area contributed by atoms with Crippen molar-refractivity contribution in [3.63, 3.8) is 0 Å². The van der Waals surface area contributed by atoms with E-state index in [1.807, 2.05) is 72.8 Å². The molecule has 0 atom stereocenters. The van der Waals surface area contributed by atoms with E-state index in [-0.39, 0.29) is 0 Å². The van der Waals surface area contributed by atoms with Gasteiger partial charge in [-0.25, -0.2) is 29.9 Å². The molecule has 0 aliphatic heterocycles. The van der Waals surface area contributed by atoms with Gasteiger partial charge >= 0.3 is 0 Å². The number of hydrogen-bond donors (Lipinski definition) is 0. The smallest absolute Gasteiger partial charge is 0.164 e. The third kappa shape index (κ3) is 9.95. The van der Waals surface area contributed by atoms with E-state index >= 15 is 0 Å². The second kappa shape index (κ2) is 24.7. The fourth-order valence-electron chi connectivity index (χ4n) is 16.0. The van der Waals surface area contributed by atoms with Crippen molar-refractivity contribution in [2.45, 2.75) is 0 Å². The van der Waals surface area contributed by atoms with Gasteiger partial charge in [0.25, 0.3) is 0 Å². The summed E-state index contributed by atoms with van der Waals surface area (Å²) in [5.41, 5.74) is 22.3. The molecule has 0 amide bonds. The van der Waals surface area contributed by atoms with Crippen LogP contribution < -0.4 is 0 Å². The average molecular weight is 1350 g/mol. The van der Waals surface area contributed by atoms with Gasteiger partial charge in [-0.3, -0.25) is 0 Å². The van der Waals surface area contributed by atoms with Gasteiger partial charge in [0.15, 0.2) is 34.9 Å². The largest absolute Gasteiger partial charge is 0.309 e. The highest BCUT2D eigenvalue weighted by Crippen LogP contribution is 2.45. The number of benzene rings is 15. The van der Waals surface area contributed by atoms with Crippen molar-refractivity contribution in [2.24, 2.45) is 0 Å². The summed E-state index contributed by atoms with van der Waals surface area (Å²) in [7, 11) is 0. The summed E-state index contributed by atoms with van der Waals surface area (Å²) >= 11 is 0. The Morgan fingerprint density at radius 2 is 0.396 bits per heavy atom. The van der Waals surface area contributed by atoms with Gasteiger partial charge in [0.2, 0.25) is 0 Å². The van der Waals surface area contributed by atoms with E-state index in [1.165, 1.54) is 21.5 Å².